The zero-order valence-corrected chi connectivity index (χ0v) is 12.3. The Balaban J connectivity index is 2.30. The number of Topliss-reactive ketones (excluding diaryl/α,β-unsaturated/α-hetero) is 1. The van der Waals surface area contributed by atoms with Crippen molar-refractivity contribution in [2.75, 3.05) is 5.88 Å². The first-order valence-electron chi connectivity index (χ1n) is 6.61. The van der Waals surface area contributed by atoms with Gasteiger partial charge in [-0.15, -0.1) is 16.7 Å². The number of aromatic nitrogens is 3. The molecule has 4 N–H and O–H groups in total. The molecule has 1 heterocycles. The number of rotatable bonds is 4. The third-order valence-corrected chi connectivity index (χ3v) is 3.72. The summed E-state index contributed by atoms with van der Waals surface area (Å²) in [6.45, 7) is 0.241. The van der Waals surface area contributed by atoms with Crippen LogP contribution < -0.4 is 5.73 Å². The average Bonchev–Trinajstić information content (AvgIpc) is 3.03. The number of aromatic hydroxyl groups is 1. The third kappa shape index (κ3) is 2.32. The number of carbonyl (C=O) groups is 1. The van der Waals surface area contributed by atoms with E-state index in [0.717, 1.165) is 11.1 Å². The summed E-state index contributed by atoms with van der Waals surface area (Å²) in [5, 5.41) is 21.0. The predicted octanol–water partition coefficient (Wildman–Crippen LogP) is 2.21. The molecule has 0 radical (unpaired) electrons. The Morgan fingerprint density at radius 1 is 1.32 bits per heavy atom. The maximum absolute atomic E-state index is 11.9. The van der Waals surface area contributed by atoms with Crippen LogP contribution in [0.5, 0.6) is 5.75 Å². The van der Waals surface area contributed by atoms with Crippen molar-refractivity contribution < 1.29 is 9.90 Å². The van der Waals surface area contributed by atoms with Crippen LogP contribution in [0.4, 0.5) is 0 Å². The standard InChI is InChI=1S/C15H13ClN4O2/c16-6-13(21)11-5-8(7-17)4-10(15(11)22)9-2-1-3-12-14(9)19-20-18-12/h1-5,22H,6-7,17H2,(H,18,19,20). The van der Waals surface area contributed by atoms with Gasteiger partial charge >= 0.3 is 0 Å². The topological polar surface area (TPSA) is 105 Å². The van der Waals surface area contributed by atoms with Gasteiger partial charge in [-0.25, -0.2) is 0 Å². The van der Waals surface area contributed by atoms with Crippen molar-refractivity contribution in [3.63, 3.8) is 0 Å². The molecule has 1 aromatic heterocycles. The molecule has 0 bridgehead atoms. The lowest BCUT2D eigenvalue weighted by Crippen LogP contribution is -2.05. The fraction of sp³-hybridized carbons (Fsp3) is 0.133. The molecule has 3 aromatic rings. The molecule has 0 saturated heterocycles. The quantitative estimate of drug-likeness (QED) is 0.505. The van der Waals surface area contributed by atoms with Gasteiger partial charge in [-0.05, 0) is 23.8 Å². The number of nitrogens with one attached hydrogen (secondary N) is 1. The van der Waals surface area contributed by atoms with E-state index in [-0.39, 0.29) is 29.5 Å². The van der Waals surface area contributed by atoms with Crippen LogP contribution in [0.1, 0.15) is 15.9 Å². The number of benzene rings is 2. The molecule has 7 heteroatoms. The van der Waals surface area contributed by atoms with Gasteiger partial charge in [-0.2, -0.15) is 0 Å². The smallest absolute Gasteiger partial charge is 0.181 e. The number of nitrogens with two attached hydrogens (primary N) is 1. The zero-order valence-electron chi connectivity index (χ0n) is 11.5. The molecule has 0 fully saturated rings. The number of alkyl halides is 1. The molecule has 0 atom stereocenters. The number of aromatic amines is 1. The molecule has 22 heavy (non-hydrogen) atoms. The van der Waals surface area contributed by atoms with Crippen LogP contribution in [0.3, 0.4) is 0 Å². The molecular formula is C15H13ClN4O2. The summed E-state index contributed by atoms with van der Waals surface area (Å²) in [7, 11) is 0. The molecule has 3 rings (SSSR count). The number of carbonyl (C=O) groups excluding carboxylic acids is 1. The van der Waals surface area contributed by atoms with Gasteiger partial charge in [0.15, 0.2) is 5.78 Å². The van der Waals surface area contributed by atoms with E-state index in [4.69, 9.17) is 17.3 Å². The minimum absolute atomic E-state index is 0.127. The van der Waals surface area contributed by atoms with E-state index in [1.165, 1.54) is 0 Å². The molecule has 2 aromatic carbocycles. The second-order valence-corrected chi connectivity index (χ2v) is 5.08. The van der Waals surface area contributed by atoms with E-state index >= 15 is 0 Å². The van der Waals surface area contributed by atoms with E-state index in [0.29, 0.717) is 16.6 Å². The van der Waals surface area contributed by atoms with E-state index in [1.54, 1.807) is 18.2 Å². The lowest BCUT2D eigenvalue weighted by Gasteiger charge is -2.12. The van der Waals surface area contributed by atoms with Crippen LogP contribution >= 0.6 is 11.6 Å². The number of hydrogen-bond donors (Lipinski definition) is 3. The van der Waals surface area contributed by atoms with E-state index < -0.39 is 0 Å². The van der Waals surface area contributed by atoms with Gasteiger partial charge in [-0.3, -0.25) is 9.89 Å². The van der Waals surface area contributed by atoms with E-state index in [2.05, 4.69) is 15.4 Å². The summed E-state index contributed by atoms with van der Waals surface area (Å²) >= 11 is 5.61. The van der Waals surface area contributed by atoms with Crippen LogP contribution in [0.15, 0.2) is 30.3 Å². The number of halogens is 1. The summed E-state index contributed by atoms with van der Waals surface area (Å²) in [4.78, 5) is 11.9. The van der Waals surface area contributed by atoms with Gasteiger partial charge < -0.3 is 10.8 Å². The minimum atomic E-state index is -0.358. The molecule has 0 amide bonds. The van der Waals surface area contributed by atoms with Crippen molar-refractivity contribution >= 4 is 28.4 Å². The van der Waals surface area contributed by atoms with Crippen molar-refractivity contribution in [1.29, 1.82) is 0 Å². The number of ketones is 1. The monoisotopic (exact) mass is 316 g/mol. The highest BCUT2D eigenvalue weighted by molar-refractivity contribution is 6.31. The predicted molar refractivity (Wildman–Crippen MR) is 83.9 cm³/mol. The Hall–Kier alpha value is -2.44. The molecule has 6 nitrogen and oxygen atoms in total. The number of H-pyrrole nitrogens is 1. The van der Waals surface area contributed by atoms with Crippen molar-refractivity contribution in [2.24, 2.45) is 5.73 Å². The van der Waals surface area contributed by atoms with Gasteiger partial charge in [0.05, 0.1) is 17.0 Å². The number of phenols is 1. The Morgan fingerprint density at radius 3 is 2.86 bits per heavy atom. The molecule has 0 aliphatic carbocycles. The highest BCUT2D eigenvalue weighted by Crippen LogP contribution is 2.36. The van der Waals surface area contributed by atoms with Gasteiger partial charge in [0.2, 0.25) is 0 Å². The normalized spacial score (nSPS) is 11.0. The maximum atomic E-state index is 11.9. The van der Waals surface area contributed by atoms with Gasteiger partial charge in [0.25, 0.3) is 0 Å². The maximum Gasteiger partial charge on any atom is 0.181 e. The zero-order chi connectivity index (χ0) is 15.7. The highest BCUT2D eigenvalue weighted by Gasteiger charge is 2.18. The summed E-state index contributed by atoms with van der Waals surface area (Å²) in [6.07, 6.45) is 0. The van der Waals surface area contributed by atoms with Gasteiger partial charge in [0, 0.05) is 17.7 Å². The van der Waals surface area contributed by atoms with Crippen LogP contribution in [-0.2, 0) is 6.54 Å². The fourth-order valence-corrected chi connectivity index (χ4v) is 2.53. The van der Waals surface area contributed by atoms with E-state index in [9.17, 15) is 9.90 Å². The molecule has 112 valence electrons. The second kappa shape index (κ2) is 5.75. The Kier molecular flexibility index (Phi) is 3.79. The molecule has 0 saturated carbocycles. The summed E-state index contributed by atoms with van der Waals surface area (Å²) in [5.41, 5.74) is 9.07. The van der Waals surface area contributed by atoms with Crippen molar-refractivity contribution in [1.82, 2.24) is 15.4 Å². The molecule has 0 aliphatic rings. The first kappa shape index (κ1) is 14.5. The highest BCUT2D eigenvalue weighted by atomic mass is 35.5. The average molecular weight is 317 g/mol. The largest absolute Gasteiger partial charge is 0.507 e. The minimum Gasteiger partial charge on any atom is -0.507 e. The van der Waals surface area contributed by atoms with Crippen molar-refractivity contribution in [3.8, 4) is 16.9 Å². The first-order valence-corrected chi connectivity index (χ1v) is 7.14. The summed E-state index contributed by atoms with van der Waals surface area (Å²) in [6, 6.07) is 8.74. The third-order valence-electron chi connectivity index (χ3n) is 3.47. The van der Waals surface area contributed by atoms with Crippen LogP contribution in [0, 0.1) is 0 Å². The first-order chi connectivity index (χ1) is 10.7. The summed E-state index contributed by atoms with van der Waals surface area (Å²) in [5.74, 6) is -0.698. The number of hydrogen-bond acceptors (Lipinski definition) is 5. The molecule has 0 spiro atoms. The van der Waals surface area contributed by atoms with Crippen LogP contribution in [-0.4, -0.2) is 32.2 Å². The lowest BCUT2D eigenvalue weighted by atomic mass is 9.95. The Labute approximate surface area is 130 Å². The lowest BCUT2D eigenvalue weighted by molar-refractivity contribution is 0.101. The number of nitrogens with zero attached hydrogens (tertiary/aromatic N) is 2. The van der Waals surface area contributed by atoms with Crippen molar-refractivity contribution in [2.45, 2.75) is 6.54 Å². The SMILES string of the molecule is NCc1cc(C(=O)CCl)c(O)c(-c2cccc3[nH]nnc23)c1. The molecule has 0 unspecified atom stereocenters. The molecular weight excluding hydrogens is 304 g/mol. The number of phenolic OH excluding ortho intramolecular Hbond substituents is 1. The van der Waals surface area contributed by atoms with Gasteiger partial charge in [-0.1, -0.05) is 17.3 Å². The molecule has 0 aliphatic heterocycles. The Morgan fingerprint density at radius 2 is 2.14 bits per heavy atom. The fourth-order valence-electron chi connectivity index (χ4n) is 2.39. The van der Waals surface area contributed by atoms with Crippen molar-refractivity contribution in [3.05, 3.63) is 41.5 Å². The summed E-state index contributed by atoms with van der Waals surface area (Å²) < 4.78 is 0. The number of fused-ring (bicyclic) bond motifs is 1. The second-order valence-electron chi connectivity index (χ2n) is 4.81. The van der Waals surface area contributed by atoms with Gasteiger partial charge in [0.1, 0.15) is 11.3 Å². The van der Waals surface area contributed by atoms with E-state index in [1.807, 2.05) is 12.1 Å². The van der Waals surface area contributed by atoms with Crippen LogP contribution in [0.2, 0.25) is 0 Å². The Bertz CT molecular complexity index is 860. The van der Waals surface area contributed by atoms with Crippen LogP contribution in [0.25, 0.3) is 22.2 Å².